The summed E-state index contributed by atoms with van der Waals surface area (Å²) in [5, 5.41) is 7.38. The van der Waals surface area contributed by atoms with Gasteiger partial charge in [0.2, 0.25) is 11.7 Å². The Balaban J connectivity index is 0.00000208. The van der Waals surface area contributed by atoms with Crippen LogP contribution in [-0.2, 0) is 0 Å². The third kappa shape index (κ3) is 4.56. The molecule has 0 bridgehead atoms. The lowest BCUT2D eigenvalue weighted by molar-refractivity contribution is 0.117. The van der Waals surface area contributed by atoms with Crippen LogP contribution < -0.4 is 5.32 Å². The fourth-order valence-electron chi connectivity index (χ4n) is 3.24. The molecule has 1 aliphatic heterocycles. The maximum atomic E-state index is 5.51. The molecule has 1 aromatic carbocycles. The van der Waals surface area contributed by atoms with Crippen LogP contribution in [-0.4, -0.2) is 41.7 Å². The number of rotatable bonds is 6. The molecule has 132 valence electrons. The zero-order valence-corrected chi connectivity index (χ0v) is 15.3. The molecule has 0 aliphatic carbocycles. The molecule has 2 aromatic rings. The highest BCUT2D eigenvalue weighted by molar-refractivity contribution is 5.85. The number of hydrogen-bond donors (Lipinski definition) is 1. The second-order valence-corrected chi connectivity index (χ2v) is 6.37. The first kappa shape index (κ1) is 18.9. The van der Waals surface area contributed by atoms with Crippen molar-refractivity contribution >= 4 is 12.4 Å². The molecule has 1 fully saturated rings. The van der Waals surface area contributed by atoms with Gasteiger partial charge in [0.25, 0.3) is 0 Å². The number of nitrogens with one attached hydrogen (secondary N) is 1. The number of hydrogen-bond acceptors (Lipinski definition) is 5. The van der Waals surface area contributed by atoms with Crippen molar-refractivity contribution in [3.8, 4) is 11.4 Å². The van der Waals surface area contributed by atoms with Crippen molar-refractivity contribution in [2.24, 2.45) is 5.92 Å². The molecule has 1 saturated heterocycles. The molecule has 1 atom stereocenters. The van der Waals surface area contributed by atoms with Crippen molar-refractivity contribution in [1.29, 1.82) is 0 Å². The number of aromatic nitrogens is 2. The van der Waals surface area contributed by atoms with Gasteiger partial charge in [0.1, 0.15) is 0 Å². The van der Waals surface area contributed by atoms with Crippen molar-refractivity contribution in [1.82, 2.24) is 20.4 Å². The Hall–Kier alpha value is -1.43. The summed E-state index contributed by atoms with van der Waals surface area (Å²) in [6, 6.07) is 10.2. The molecule has 2 heterocycles. The lowest BCUT2D eigenvalue weighted by atomic mass is 9.93. The third-order valence-corrected chi connectivity index (χ3v) is 4.83. The summed E-state index contributed by atoms with van der Waals surface area (Å²) in [6.45, 7) is 5.50. The van der Waals surface area contributed by atoms with Gasteiger partial charge >= 0.3 is 0 Å². The van der Waals surface area contributed by atoms with Gasteiger partial charge in [-0.2, -0.15) is 4.98 Å². The van der Waals surface area contributed by atoms with Crippen LogP contribution in [0.4, 0.5) is 0 Å². The van der Waals surface area contributed by atoms with E-state index >= 15 is 0 Å². The average Bonchev–Trinajstić information content (AvgIpc) is 3.11. The molecule has 5 nitrogen and oxygen atoms in total. The Kier molecular flexibility index (Phi) is 7.21. The van der Waals surface area contributed by atoms with E-state index in [1.165, 1.54) is 19.3 Å². The minimum atomic E-state index is 0. The maximum absolute atomic E-state index is 5.51. The van der Waals surface area contributed by atoms with Gasteiger partial charge in [-0.25, -0.2) is 0 Å². The van der Waals surface area contributed by atoms with Crippen LogP contribution in [0.1, 0.15) is 38.1 Å². The van der Waals surface area contributed by atoms with Crippen molar-refractivity contribution in [3.63, 3.8) is 0 Å². The molecule has 0 radical (unpaired) electrons. The van der Waals surface area contributed by atoms with E-state index in [1.807, 2.05) is 37.4 Å². The monoisotopic (exact) mass is 350 g/mol. The van der Waals surface area contributed by atoms with Gasteiger partial charge in [-0.05, 0) is 58.8 Å². The van der Waals surface area contributed by atoms with Gasteiger partial charge in [-0.3, -0.25) is 4.90 Å². The van der Waals surface area contributed by atoms with Gasteiger partial charge in [0, 0.05) is 5.56 Å². The number of likely N-dealkylation sites (tertiary alicyclic amines) is 1. The van der Waals surface area contributed by atoms with Crippen molar-refractivity contribution in [3.05, 3.63) is 36.2 Å². The number of benzene rings is 1. The fraction of sp³-hybridized carbons (Fsp3) is 0.556. The third-order valence-electron chi connectivity index (χ3n) is 4.83. The van der Waals surface area contributed by atoms with Gasteiger partial charge in [-0.15, -0.1) is 12.4 Å². The summed E-state index contributed by atoms with van der Waals surface area (Å²) >= 11 is 0. The first-order valence-electron chi connectivity index (χ1n) is 8.55. The van der Waals surface area contributed by atoms with E-state index in [-0.39, 0.29) is 18.4 Å². The molecule has 3 rings (SSSR count). The van der Waals surface area contributed by atoms with Crippen molar-refractivity contribution in [2.45, 2.75) is 32.2 Å². The van der Waals surface area contributed by atoms with Gasteiger partial charge in [0.05, 0.1) is 6.04 Å². The molecule has 1 aliphatic rings. The molecular formula is C18H27ClN4O. The van der Waals surface area contributed by atoms with Crippen molar-refractivity contribution in [2.75, 3.05) is 26.7 Å². The number of halogens is 1. The molecule has 1 unspecified atom stereocenters. The van der Waals surface area contributed by atoms with E-state index in [0.29, 0.717) is 5.82 Å². The Morgan fingerprint density at radius 2 is 1.96 bits per heavy atom. The predicted octanol–water partition coefficient (Wildman–Crippen LogP) is 3.54. The first-order valence-corrected chi connectivity index (χ1v) is 8.55. The van der Waals surface area contributed by atoms with E-state index in [9.17, 15) is 0 Å². The van der Waals surface area contributed by atoms with Crippen LogP contribution in [0.25, 0.3) is 11.4 Å². The first-order chi connectivity index (χ1) is 11.3. The van der Waals surface area contributed by atoms with E-state index < -0.39 is 0 Å². The Morgan fingerprint density at radius 3 is 2.62 bits per heavy atom. The van der Waals surface area contributed by atoms with E-state index in [1.54, 1.807) is 0 Å². The minimum Gasteiger partial charge on any atom is -0.337 e. The van der Waals surface area contributed by atoms with Crippen LogP contribution in [0, 0.1) is 5.92 Å². The Bertz CT molecular complexity index is 596. The van der Waals surface area contributed by atoms with E-state index in [0.717, 1.165) is 37.0 Å². The predicted molar refractivity (Wildman–Crippen MR) is 98.2 cm³/mol. The fourth-order valence-corrected chi connectivity index (χ4v) is 3.24. The van der Waals surface area contributed by atoms with Crippen molar-refractivity contribution < 1.29 is 4.52 Å². The lowest BCUT2D eigenvalue weighted by Gasteiger charge is -2.34. The van der Waals surface area contributed by atoms with Crippen LogP contribution in [0.15, 0.2) is 34.9 Å². The highest BCUT2D eigenvalue weighted by Crippen LogP contribution is 2.28. The second-order valence-electron chi connectivity index (χ2n) is 6.37. The Morgan fingerprint density at radius 1 is 1.25 bits per heavy atom. The van der Waals surface area contributed by atoms with E-state index in [4.69, 9.17) is 4.52 Å². The number of nitrogens with zero attached hydrogens (tertiary/aromatic N) is 3. The van der Waals surface area contributed by atoms with Gasteiger partial charge in [-0.1, -0.05) is 35.5 Å². The zero-order chi connectivity index (χ0) is 16.1. The summed E-state index contributed by atoms with van der Waals surface area (Å²) < 4.78 is 5.51. The second kappa shape index (κ2) is 9.16. The molecule has 24 heavy (non-hydrogen) atoms. The summed E-state index contributed by atoms with van der Waals surface area (Å²) in [7, 11) is 2.02. The number of piperidine rings is 1. The molecule has 1 N–H and O–H groups in total. The van der Waals surface area contributed by atoms with Crippen LogP contribution in [0.2, 0.25) is 0 Å². The average molecular weight is 351 g/mol. The normalized spacial score (nSPS) is 17.4. The van der Waals surface area contributed by atoms with Crippen LogP contribution in [0.3, 0.4) is 0 Å². The molecule has 0 spiro atoms. The topological polar surface area (TPSA) is 54.2 Å². The quantitative estimate of drug-likeness (QED) is 0.863. The molecular weight excluding hydrogens is 324 g/mol. The van der Waals surface area contributed by atoms with Crippen LogP contribution >= 0.6 is 12.4 Å². The summed E-state index contributed by atoms with van der Waals surface area (Å²) in [4.78, 5) is 7.05. The smallest absolute Gasteiger partial charge is 0.244 e. The summed E-state index contributed by atoms with van der Waals surface area (Å²) in [5.74, 6) is 2.24. The molecule has 6 heteroatoms. The lowest BCUT2D eigenvalue weighted by Crippen LogP contribution is -2.36. The highest BCUT2D eigenvalue weighted by atomic mass is 35.5. The summed E-state index contributed by atoms with van der Waals surface area (Å²) in [5.41, 5.74) is 1.00. The minimum absolute atomic E-state index is 0. The zero-order valence-electron chi connectivity index (χ0n) is 14.4. The molecule has 0 saturated carbocycles. The molecule has 0 amide bonds. The highest BCUT2D eigenvalue weighted by Gasteiger charge is 2.26. The summed E-state index contributed by atoms with van der Waals surface area (Å²) in [6.07, 6.45) is 3.79. The molecule has 1 aromatic heterocycles. The Labute approximate surface area is 150 Å². The van der Waals surface area contributed by atoms with E-state index in [2.05, 4.69) is 27.3 Å². The van der Waals surface area contributed by atoms with Gasteiger partial charge in [0.15, 0.2) is 0 Å². The maximum Gasteiger partial charge on any atom is 0.244 e. The van der Waals surface area contributed by atoms with Gasteiger partial charge < -0.3 is 9.84 Å². The van der Waals surface area contributed by atoms with Crippen LogP contribution in [0.5, 0.6) is 0 Å². The standard InChI is InChI=1S/C18H26N4O.ClH/c1-14(22-12-9-15(10-13-22)8-11-19-2)18-20-17(21-23-18)16-6-4-3-5-7-16;/h3-7,14-15,19H,8-13H2,1-2H3;1H. The SMILES string of the molecule is CNCCC1CCN(C(C)c2nc(-c3ccccc3)no2)CC1.Cl. The largest absolute Gasteiger partial charge is 0.337 e.